The predicted octanol–water partition coefficient (Wildman–Crippen LogP) is -0.795. The first-order valence-electron chi connectivity index (χ1n) is 5.34. The number of aliphatic hydroxyl groups is 2. The summed E-state index contributed by atoms with van der Waals surface area (Å²) < 4.78 is 61.0. The summed E-state index contributed by atoms with van der Waals surface area (Å²) in [4.78, 5) is 0. The van der Waals surface area contributed by atoms with E-state index in [1.54, 1.807) is 0 Å². The molecule has 0 bridgehead atoms. The van der Waals surface area contributed by atoms with Gasteiger partial charge in [-0.2, -0.15) is 16.8 Å². The molecule has 4 N–H and O–H groups in total. The molecule has 1 rings (SSSR count). The van der Waals surface area contributed by atoms with E-state index < -0.39 is 42.9 Å². The fourth-order valence-electron chi connectivity index (χ4n) is 2.34. The van der Waals surface area contributed by atoms with E-state index in [2.05, 4.69) is 0 Å². The van der Waals surface area contributed by atoms with Gasteiger partial charge in [0, 0.05) is 11.8 Å². The van der Waals surface area contributed by atoms with Crippen LogP contribution in [-0.4, -0.2) is 47.0 Å². The van der Waals surface area contributed by atoms with Crippen molar-refractivity contribution in [1.29, 1.82) is 0 Å². The Kier molecular flexibility index (Phi) is 4.73. The molecule has 0 aromatic carbocycles. The van der Waals surface area contributed by atoms with Gasteiger partial charge < -0.3 is 10.2 Å². The monoisotopic (exact) mass is 304 g/mol. The molecule has 1 aliphatic carbocycles. The molecule has 108 valence electrons. The third-order valence-electron chi connectivity index (χ3n) is 3.22. The van der Waals surface area contributed by atoms with E-state index in [4.69, 9.17) is 9.11 Å². The highest BCUT2D eigenvalue weighted by molar-refractivity contribution is 7.86. The minimum atomic E-state index is -4.75. The van der Waals surface area contributed by atoms with Crippen LogP contribution >= 0.6 is 0 Å². The van der Waals surface area contributed by atoms with Crippen molar-refractivity contribution in [1.82, 2.24) is 0 Å². The molecular weight excluding hydrogens is 288 g/mol. The van der Waals surface area contributed by atoms with Crippen LogP contribution in [0, 0.1) is 11.8 Å². The summed E-state index contributed by atoms with van der Waals surface area (Å²) in [6.07, 6.45) is 1.34. The van der Waals surface area contributed by atoms with E-state index in [0.29, 0.717) is 12.8 Å². The highest BCUT2D eigenvalue weighted by atomic mass is 32.2. The lowest BCUT2D eigenvalue weighted by Crippen LogP contribution is -2.43. The van der Waals surface area contributed by atoms with Crippen molar-refractivity contribution < 1.29 is 36.2 Å². The number of hydrogen-bond donors (Lipinski definition) is 4. The lowest BCUT2D eigenvalue weighted by Gasteiger charge is -2.34. The number of aliphatic hydroxyl groups excluding tert-OH is 2. The van der Waals surface area contributed by atoms with Gasteiger partial charge >= 0.3 is 0 Å². The summed E-state index contributed by atoms with van der Waals surface area (Å²) in [6, 6.07) is 0. The topological polar surface area (TPSA) is 149 Å². The van der Waals surface area contributed by atoms with Crippen molar-refractivity contribution in [3.63, 3.8) is 0 Å². The molecule has 0 amide bonds. The third-order valence-corrected chi connectivity index (χ3v) is 5.14. The fourth-order valence-corrected chi connectivity index (χ4v) is 3.90. The molecule has 18 heavy (non-hydrogen) atoms. The smallest absolute Gasteiger partial charge is 0.292 e. The van der Waals surface area contributed by atoms with Crippen LogP contribution in [0.1, 0.15) is 25.7 Å². The lowest BCUT2D eigenvalue weighted by molar-refractivity contribution is 0.0407. The molecule has 1 saturated carbocycles. The Morgan fingerprint density at radius 3 is 1.28 bits per heavy atom. The third kappa shape index (κ3) is 3.62. The highest BCUT2D eigenvalue weighted by Gasteiger charge is 2.44. The van der Waals surface area contributed by atoms with Gasteiger partial charge in [-0.15, -0.1) is 0 Å². The Labute approximate surface area is 105 Å². The minimum Gasteiger partial charge on any atom is -0.375 e. The predicted molar refractivity (Wildman–Crippen MR) is 60.6 cm³/mol. The van der Waals surface area contributed by atoms with Gasteiger partial charge in [0.1, 0.15) is 0 Å². The Morgan fingerprint density at radius 1 is 0.778 bits per heavy atom. The lowest BCUT2D eigenvalue weighted by atomic mass is 9.80. The second kappa shape index (κ2) is 5.39. The maximum Gasteiger partial charge on any atom is 0.292 e. The number of hydrogen-bond acceptors (Lipinski definition) is 6. The van der Waals surface area contributed by atoms with Gasteiger partial charge in [0.25, 0.3) is 20.2 Å². The maximum atomic E-state index is 10.9. The zero-order valence-corrected chi connectivity index (χ0v) is 11.0. The molecule has 4 unspecified atom stereocenters. The molecule has 4 atom stereocenters. The van der Waals surface area contributed by atoms with Crippen LogP contribution in [0.25, 0.3) is 0 Å². The van der Waals surface area contributed by atoms with Crippen molar-refractivity contribution in [2.24, 2.45) is 11.8 Å². The summed E-state index contributed by atoms with van der Waals surface area (Å²) >= 11 is 0. The van der Waals surface area contributed by atoms with Crippen LogP contribution in [0.3, 0.4) is 0 Å². The highest BCUT2D eigenvalue weighted by Crippen LogP contribution is 2.37. The Hall–Kier alpha value is -0.260. The van der Waals surface area contributed by atoms with Crippen LogP contribution in [0.15, 0.2) is 0 Å². The summed E-state index contributed by atoms with van der Waals surface area (Å²) in [7, 11) is -9.49. The van der Waals surface area contributed by atoms with Crippen molar-refractivity contribution in [3.05, 3.63) is 0 Å². The molecule has 0 aromatic heterocycles. The van der Waals surface area contributed by atoms with Crippen LogP contribution in [0.4, 0.5) is 0 Å². The van der Waals surface area contributed by atoms with Crippen LogP contribution < -0.4 is 0 Å². The molecule has 0 aromatic rings. The Morgan fingerprint density at radius 2 is 1.06 bits per heavy atom. The van der Waals surface area contributed by atoms with Gasteiger partial charge in [-0.3, -0.25) is 9.11 Å². The van der Waals surface area contributed by atoms with Gasteiger partial charge in [-0.1, -0.05) is 12.8 Å². The Bertz CT molecular complexity index is 435. The minimum absolute atomic E-state index is 0.137. The van der Waals surface area contributed by atoms with E-state index >= 15 is 0 Å². The van der Waals surface area contributed by atoms with Gasteiger partial charge in [0.05, 0.1) is 0 Å². The summed E-state index contributed by atoms with van der Waals surface area (Å²) in [5.74, 6) is -2.27. The molecule has 0 radical (unpaired) electrons. The van der Waals surface area contributed by atoms with Crippen molar-refractivity contribution in [2.45, 2.75) is 36.6 Å². The van der Waals surface area contributed by atoms with E-state index in [1.165, 1.54) is 0 Å². The van der Waals surface area contributed by atoms with Gasteiger partial charge in [-0.05, 0) is 12.8 Å². The first-order chi connectivity index (χ1) is 8.05. The van der Waals surface area contributed by atoms with Crippen LogP contribution in [0.5, 0.6) is 0 Å². The first-order valence-corrected chi connectivity index (χ1v) is 8.34. The molecule has 1 aliphatic rings. The Balaban J connectivity index is 3.01. The van der Waals surface area contributed by atoms with E-state index in [1.807, 2.05) is 0 Å². The molecule has 10 heteroatoms. The second-order valence-corrected chi connectivity index (χ2v) is 7.45. The van der Waals surface area contributed by atoms with Crippen LogP contribution in [0.2, 0.25) is 0 Å². The van der Waals surface area contributed by atoms with Crippen LogP contribution in [-0.2, 0) is 20.2 Å². The molecule has 1 fully saturated rings. The molecule has 8 nitrogen and oxygen atoms in total. The van der Waals surface area contributed by atoms with Gasteiger partial charge in [0.15, 0.2) is 10.9 Å². The summed E-state index contributed by atoms with van der Waals surface area (Å²) in [5.41, 5.74) is -4.33. The standard InChI is InChI=1S/C8H16O8S2/c9-7(17(11,12)13)5-3-1-2-4-6(5)8(10)18(14,15)16/h5-10H,1-4H2,(H,11,12,13)(H,14,15,16). The van der Waals surface area contributed by atoms with E-state index in [9.17, 15) is 27.0 Å². The van der Waals surface area contributed by atoms with Crippen molar-refractivity contribution >= 4 is 20.2 Å². The normalized spacial score (nSPS) is 29.8. The maximum absolute atomic E-state index is 10.9. The summed E-state index contributed by atoms with van der Waals surface area (Å²) in [5, 5.41) is 18.9. The first kappa shape index (κ1) is 15.8. The van der Waals surface area contributed by atoms with Crippen molar-refractivity contribution in [2.75, 3.05) is 0 Å². The van der Waals surface area contributed by atoms with Gasteiger partial charge in [0.2, 0.25) is 0 Å². The second-order valence-electron chi connectivity index (χ2n) is 4.42. The van der Waals surface area contributed by atoms with Crippen molar-refractivity contribution in [3.8, 4) is 0 Å². The zero-order chi connectivity index (χ0) is 14.1. The summed E-state index contributed by atoms with van der Waals surface area (Å²) in [6.45, 7) is 0. The van der Waals surface area contributed by atoms with E-state index in [0.717, 1.165) is 0 Å². The number of rotatable bonds is 4. The largest absolute Gasteiger partial charge is 0.375 e. The molecular formula is C8H16O8S2. The average molecular weight is 304 g/mol. The molecule has 0 heterocycles. The molecule has 0 saturated heterocycles. The SMILES string of the molecule is O=S(=O)(O)C(O)C1CCCCC1C(O)S(=O)(=O)O. The zero-order valence-electron chi connectivity index (χ0n) is 9.38. The molecule has 0 aliphatic heterocycles. The van der Waals surface area contributed by atoms with Gasteiger partial charge in [-0.25, -0.2) is 0 Å². The van der Waals surface area contributed by atoms with E-state index in [-0.39, 0.29) is 12.8 Å². The fraction of sp³-hybridized carbons (Fsp3) is 1.00. The molecule has 0 spiro atoms. The average Bonchev–Trinajstić information content (AvgIpc) is 2.24. The quantitative estimate of drug-likeness (QED) is 0.493.